The number of ether oxygens (including phenoxy) is 4. The molecule has 2 aromatic carbocycles. The largest absolute Gasteiger partial charge is 0.493 e. The van der Waals surface area contributed by atoms with E-state index in [0.29, 0.717) is 35.2 Å². The number of halogens is 1. The zero-order valence-electron chi connectivity index (χ0n) is 12.7. The van der Waals surface area contributed by atoms with Crippen LogP contribution in [0, 0.1) is 0 Å². The summed E-state index contributed by atoms with van der Waals surface area (Å²) >= 11 is 3.50. The van der Waals surface area contributed by atoms with Crippen LogP contribution in [0.3, 0.4) is 0 Å². The van der Waals surface area contributed by atoms with Crippen LogP contribution in [0.15, 0.2) is 34.8 Å². The van der Waals surface area contributed by atoms with Crippen LogP contribution in [-0.2, 0) is 6.61 Å². The lowest BCUT2D eigenvalue weighted by Gasteiger charge is -2.13. The number of carbonyl (C=O) groups excluding carboxylic acids is 1. The van der Waals surface area contributed by atoms with E-state index in [4.69, 9.17) is 18.9 Å². The molecule has 0 aliphatic carbocycles. The molecule has 0 unspecified atom stereocenters. The number of fused-ring (bicyclic) bond motifs is 1. The summed E-state index contributed by atoms with van der Waals surface area (Å²) < 4.78 is 22.7. The van der Waals surface area contributed by atoms with Crippen LogP contribution in [0.2, 0.25) is 0 Å². The first-order valence-electron chi connectivity index (χ1n) is 6.98. The van der Waals surface area contributed by atoms with Crippen LogP contribution in [0.4, 0.5) is 0 Å². The second-order valence-electron chi connectivity index (χ2n) is 5.01. The summed E-state index contributed by atoms with van der Waals surface area (Å²) in [5.41, 5.74) is 1.51. The van der Waals surface area contributed by atoms with Crippen LogP contribution in [0.1, 0.15) is 22.8 Å². The Kier molecular flexibility index (Phi) is 4.43. The minimum Gasteiger partial charge on any atom is -0.493 e. The van der Waals surface area contributed by atoms with E-state index in [1.165, 1.54) is 6.92 Å². The summed E-state index contributed by atoms with van der Waals surface area (Å²) in [6.07, 6.45) is 0. The number of Topliss-reactive ketones (excluding diaryl/α,β-unsaturated/α-hetero) is 1. The predicted molar refractivity (Wildman–Crippen MR) is 87.6 cm³/mol. The van der Waals surface area contributed by atoms with Crippen molar-refractivity contribution in [2.75, 3.05) is 13.9 Å². The number of hydrogen-bond acceptors (Lipinski definition) is 5. The molecule has 23 heavy (non-hydrogen) atoms. The van der Waals surface area contributed by atoms with Gasteiger partial charge in [-0.1, -0.05) is 15.9 Å². The Balaban J connectivity index is 1.79. The van der Waals surface area contributed by atoms with Gasteiger partial charge < -0.3 is 18.9 Å². The van der Waals surface area contributed by atoms with Crippen molar-refractivity contribution in [2.45, 2.75) is 13.5 Å². The molecular formula is C17H15BrO5. The zero-order chi connectivity index (χ0) is 16.4. The van der Waals surface area contributed by atoms with Gasteiger partial charge in [-0.25, -0.2) is 0 Å². The molecule has 1 heterocycles. The molecular weight excluding hydrogens is 364 g/mol. The zero-order valence-corrected chi connectivity index (χ0v) is 14.3. The van der Waals surface area contributed by atoms with Gasteiger partial charge in [-0.2, -0.15) is 0 Å². The van der Waals surface area contributed by atoms with Gasteiger partial charge in [-0.3, -0.25) is 4.79 Å². The smallest absolute Gasteiger partial charge is 0.231 e. The molecule has 0 saturated heterocycles. The van der Waals surface area contributed by atoms with E-state index in [9.17, 15) is 4.79 Å². The number of ketones is 1. The quantitative estimate of drug-likeness (QED) is 0.736. The summed E-state index contributed by atoms with van der Waals surface area (Å²) in [4.78, 5) is 11.4. The van der Waals surface area contributed by atoms with Crippen molar-refractivity contribution >= 4 is 21.7 Å². The molecule has 0 N–H and O–H groups in total. The lowest BCUT2D eigenvalue weighted by atomic mass is 10.1. The average Bonchev–Trinajstić information content (AvgIpc) is 2.99. The highest BCUT2D eigenvalue weighted by atomic mass is 79.9. The number of carbonyl (C=O) groups is 1. The Morgan fingerprint density at radius 3 is 2.61 bits per heavy atom. The second kappa shape index (κ2) is 6.50. The van der Waals surface area contributed by atoms with E-state index in [2.05, 4.69) is 15.9 Å². The highest BCUT2D eigenvalue weighted by Gasteiger charge is 2.17. The van der Waals surface area contributed by atoms with Gasteiger partial charge in [0.05, 0.1) is 7.11 Å². The molecule has 1 aliphatic heterocycles. The van der Waals surface area contributed by atoms with Gasteiger partial charge >= 0.3 is 0 Å². The van der Waals surface area contributed by atoms with E-state index < -0.39 is 0 Å². The molecule has 1 aliphatic rings. The number of hydrogen-bond donors (Lipinski definition) is 0. The van der Waals surface area contributed by atoms with Gasteiger partial charge in [0, 0.05) is 15.6 Å². The lowest BCUT2D eigenvalue weighted by Crippen LogP contribution is -2.00. The molecule has 0 saturated carbocycles. The van der Waals surface area contributed by atoms with Gasteiger partial charge in [0.25, 0.3) is 0 Å². The SMILES string of the molecule is COc1cc(C(C)=O)ccc1OCc1cc2c(cc1Br)OCO2. The molecule has 5 nitrogen and oxygen atoms in total. The molecule has 0 bridgehead atoms. The van der Waals surface area contributed by atoms with Gasteiger partial charge in [0.1, 0.15) is 6.61 Å². The van der Waals surface area contributed by atoms with E-state index in [1.54, 1.807) is 25.3 Å². The normalized spacial score (nSPS) is 12.1. The summed E-state index contributed by atoms with van der Waals surface area (Å²) in [6, 6.07) is 8.86. The number of benzene rings is 2. The highest BCUT2D eigenvalue weighted by Crippen LogP contribution is 2.38. The van der Waals surface area contributed by atoms with Gasteiger partial charge in [0.2, 0.25) is 6.79 Å². The molecule has 2 aromatic rings. The van der Waals surface area contributed by atoms with Crippen LogP contribution in [-0.4, -0.2) is 19.7 Å². The lowest BCUT2D eigenvalue weighted by molar-refractivity contribution is 0.101. The van der Waals surface area contributed by atoms with Crippen molar-refractivity contribution in [1.29, 1.82) is 0 Å². The summed E-state index contributed by atoms with van der Waals surface area (Å²) in [5, 5.41) is 0. The summed E-state index contributed by atoms with van der Waals surface area (Å²) in [5.74, 6) is 2.49. The van der Waals surface area contributed by atoms with Crippen LogP contribution < -0.4 is 18.9 Å². The minimum atomic E-state index is -0.0200. The fourth-order valence-corrected chi connectivity index (χ4v) is 2.67. The third kappa shape index (κ3) is 3.27. The summed E-state index contributed by atoms with van der Waals surface area (Å²) in [7, 11) is 1.54. The van der Waals surface area contributed by atoms with Crippen molar-refractivity contribution in [1.82, 2.24) is 0 Å². The topological polar surface area (TPSA) is 54.0 Å². The van der Waals surface area contributed by atoms with E-state index in [-0.39, 0.29) is 12.6 Å². The van der Waals surface area contributed by atoms with E-state index in [0.717, 1.165) is 10.0 Å². The molecule has 0 atom stereocenters. The summed E-state index contributed by atoms with van der Waals surface area (Å²) in [6.45, 7) is 2.07. The van der Waals surface area contributed by atoms with Crippen molar-refractivity contribution < 1.29 is 23.7 Å². The highest BCUT2D eigenvalue weighted by molar-refractivity contribution is 9.10. The first-order chi connectivity index (χ1) is 11.1. The molecule has 0 amide bonds. The molecule has 0 spiro atoms. The van der Waals surface area contributed by atoms with Gasteiger partial charge in [0.15, 0.2) is 28.8 Å². The molecule has 120 valence electrons. The maximum atomic E-state index is 11.4. The van der Waals surface area contributed by atoms with E-state index in [1.807, 2.05) is 12.1 Å². The third-order valence-electron chi connectivity index (χ3n) is 3.49. The second-order valence-corrected chi connectivity index (χ2v) is 5.86. The van der Waals surface area contributed by atoms with Crippen molar-refractivity contribution in [2.24, 2.45) is 0 Å². The average molecular weight is 379 g/mol. The number of methoxy groups -OCH3 is 1. The van der Waals surface area contributed by atoms with Crippen molar-refractivity contribution in [3.8, 4) is 23.0 Å². The number of rotatable bonds is 5. The fraction of sp³-hybridized carbons (Fsp3) is 0.235. The molecule has 0 fully saturated rings. The van der Waals surface area contributed by atoms with Crippen LogP contribution >= 0.6 is 15.9 Å². The standard InChI is InChI=1S/C17H15BrO5/c1-10(19)11-3-4-14(15(5-11)20-2)21-8-12-6-16-17(7-13(12)18)23-9-22-16/h3-7H,8-9H2,1-2H3. The Morgan fingerprint density at radius 1 is 1.17 bits per heavy atom. The van der Waals surface area contributed by atoms with Crippen LogP contribution in [0.25, 0.3) is 0 Å². The maximum absolute atomic E-state index is 11.4. The minimum absolute atomic E-state index is 0.0200. The van der Waals surface area contributed by atoms with Crippen LogP contribution in [0.5, 0.6) is 23.0 Å². The molecule has 3 rings (SSSR count). The van der Waals surface area contributed by atoms with Gasteiger partial charge in [-0.05, 0) is 37.3 Å². The molecule has 0 aromatic heterocycles. The van der Waals surface area contributed by atoms with Crippen molar-refractivity contribution in [3.05, 3.63) is 45.9 Å². The maximum Gasteiger partial charge on any atom is 0.231 e. The third-order valence-corrected chi connectivity index (χ3v) is 4.23. The molecule has 0 radical (unpaired) electrons. The Bertz CT molecular complexity index is 757. The monoisotopic (exact) mass is 378 g/mol. The first kappa shape index (κ1) is 15.7. The van der Waals surface area contributed by atoms with Gasteiger partial charge in [-0.15, -0.1) is 0 Å². The first-order valence-corrected chi connectivity index (χ1v) is 7.77. The van der Waals surface area contributed by atoms with E-state index >= 15 is 0 Å². The van der Waals surface area contributed by atoms with Crippen molar-refractivity contribution in [3.63, 3.8) is 0 Å². The predicted octanol–water partition coefficient (Wildman–Crippen LogP) is 3.97. The Labute approximate surface area is 142 Å². The fourth-order valence-electron chi connectivity index (χ4n) is 2.23. The Hall–Kier alpha value is -2.21. The molecule has 6 heteroatoms. The Morgan fingerprint density at radius 2 is 1.91 bits per heavy atom.